The van der Waals surface area contributed by atoms with E-state index in [1.54, 1.807) is 12.3 Å². The second-order valence-corrected chi connectivity index (χ2v) is 4.88. The molecule has 0 saturated heterocycles. The highest BCUT2D eigenvalue weighted by molar-refractivity contribution is 6.30. The van der Waals surface area contributed by atoms with Crippen LogP contribution in [0.4, 0.5) is 4.39 Å². The Hall–Kier alpha value is -2.17. The van der Waals surface area contributed by atoms with Gasteiger partial charge in [0, 0.05) is 23.2 Å². The molecule has 106 valence electrons. The molecule has 3 nitrogen and oxygen atoms in total. The molecule has 0 spiro atoms. The molecule has 0 bridgehead atoms. The second-order valence-electron chi connectivity index (χ2n) is 4.47. The van der Waals surface area contributed by atoms with Crippen molar-refractivity contribution < 1.29 is 14.2 Å². The average Bonchev–Trinajstić information content (AvgIpc) is 2.51. The normalized spacial score (nSPS) is 10.8. The maximum atomic E-state index is 13.4. The highest BCUT2D eigenvalue weighted by Gasteiger charge is 2.10. The fourth-order valence-electron chi connectivity index (χ4n) is 2.08. The quantitative estimate of drug-likeness (QED) is 0.784. The van der Waals surface area contributed by atoms with Crippen LogP contribution in [0, 0.1) is 5.82 Å². The number of ether oxygens (including phenoxy) is 1. The molecule has 0 aliphatic heterocycles. The van der Waals surface area contributed by atoms with E-state index in [9.17, 15) is 9.50 Å². The molecule has 0 radical (unpaired) electrons. The molecular weight excluding hydrogens is 293 g/mol. The van der Waals surface area contributed by atoms with Gasteiger partial charge in [-0.05, 0) is 23.6 Å². The number of aromatic nitrogens is 1. The number of fused-ring (bicyclic) bond motifs is 1. The van der Waals surface area contributed by atoms with Gasteiger partial charge in [-0.25, -0.2) is 9.37 Å². The minimum atomic E-state index is -0.551. The van der Waals surface area contributed by atoms with Crippen molar-refractivity contribution >= 4 is 22.4 Å². The smallest absolute Gasteiger partial charge is 0.227 e. The van der Waals surface area contributed by atoms with Crippen LogP contribution in [0.1, 0.15) is 5.56 Å². The molecule has 0 fully saturated rings. The molecule has 0 atom stereocenters. The summed E-state index contributed by atoms with van der Waals surface area (Å²) in [4.78, 5) is 4.19. The van der Waals surface area contributed by atoms with Gasteiger partial charge in [0.05, 0.1) is 11.6 Å². The lowest BCUT2D eigenvalue weighted by Gasteiger charge is -2.10. The number of benzene rings is 2. The number of halogens is 2. The van der Waals surface area contributed by atoms with Crippen LogP contribution in [0.3, 0.4) is 0 Å². The topological polar surface area (TPSA) is 42.4 Å². The lowest BCUT2D eigenvalue weighted by atomic mass is 10.1. The van der Waals surface area contributed by atoms with Gasteiger partial charge < -0.3 is 9.84 Å². The predicted octanol–water partition coefficient (Wildman–Crippen LogP) is 4.31. The van der Waals surface area contributed by atoms with Gasteiger partial charge in [-0.1, -0.05) is 29.8 Å². The number of pyridine rings is 1. The van der Waals surface area contributed by atoms with E-state index in [-0.39, 0.29) is 11.6 Å². The Balaban J connectivity index is 2.06. The molecule has 0 aliphatic rings. The molecule has 0 saturated carbocycles. The van der Waals surface area contributed by atoms with Gasteiger partial charge in [-0.3, -0.25) is 0 Å². The van der Waals surface area contributed by atoms with Gasteiger partial charge in [0.15, 0.2) is 0 Å². The van der Waals surface area contributed by atoms with Crippen LogP contribution in [-0.4, -0.2) is 10.1 Å². The molecule has 1 N–H and O–H groups in total. The first-order chi connectivity index (χ1) is 10.2. The van der Waals surface area contributed by atoms with Crippen LogP contribution in [0.15, 0.2) is 48.7 Å². The minimum Gasteiger partial charge on any atom is -0.438 e. The van der Waals surface area contributed by atoms with E-state index in [0.717, 1.165) is 10.8 Å². The average molecular weight is 304 g/mol. The third-order valence-electron chi connectivity index (χ3n) is 3.12. The number of aliphatic hydroxyl groups is 1. The fraction of sp³-hybridized carbons (Fsp3) is 0.0625. The zero-order valence-corrected chi connectivity index (χ0v) is 11.6. The summed E-state index contributed by atoms with van der Waals surface area (Å²) < 4.78 is 19.1. The van der Waals surface area contributed by atoms with E-state index < -0.39 is 5.82 Å². The van der Waals surface area contributed by atoms with E-state index in [1.165, 1.54) is 12.1 Å². The second kappa shape index (κ2) is 5.68. The maximum Gasteiger partial charge on any atom is 0.227 e. The predicted molar refractivity (Wildman–Crippen MR) is 79.1 cm³/mol. The first-order valence-electron chi connectivity index (χ1n) is 6.29. The number of hydrogen-bond acceptors (Lipinski definition) is 3. The Morgan fingerprint density at radius 2 is 1.90 bits per heavy atom. The summed E-state index contributed by atoms with van der Waals surface area (Å²) in [6.45, 7) is -0.108. The lowest BCUT2D eigenvalue weighted by Crippen LogP contribution is -1.94. The Kier molecular flexibility index (Phi) is 3.73. The van der Waals surface area contributed by atoms with E-state index in [2.05, 4.69) is 4.98 Å². The molecule has 0 amide bonds. The highest BCUT2D eigenvalue weighted by Crippen LogP contribution is 2.31. The summed E-state index contributed by atoms with van der Waals surface area (Å²) in [5.41, 5.74) is 0.709. The molecular formula is C16H11ClFNO2. The fourth-order valence-corrected chi connectivity index (χ4v) is 2.20. The zero-order valence-electron chi connectivity index (χ0n) is 10.9. The van der Waals surface area contributed by atoms with Crippen LogP contribution in [-0.2, 0) is 6.61 Å². The Bertz CT molecular complexity index is 807. The number of rotatable bonds is 3. The van der Waals surface area contributed by atoms with Gasteiger partial charge in [-0.15, -0.1) is 0 Å². The largest absolute Gasteiger partial charge is 0.438 e. The molecule has 1 aromatic heterocycles. The third kappa shape index (κ3) is 2.68. The molecule has 1 heterocycles. The van der Waals surface area contributed by atoms with Crippen molar-refractivity contribution in [3.05, 3.63) is 65.1 Å². The van der Waals surface area contributed by atoms with Crippen molar-refractivity contribution in [3.8, 4) is 11.6 Å². The summed E-state index contributed by atoms with van der Waals surface area (Å²) in [7, 11) is 0. The Morgan fingerprint density at radius 1 is 1.14 bits per heavy atom. The van der Waals surface area contributed by atoms with Gasteiger partial charge in [0.25, 0.3) is 0 Å². The van der Waals surface area contributed by atoms with Crippen LogP contribution in [0.5, 0.6) is 11.6 Å². The van der Waals surface area contributed by atoms with Crippen molar-refractivity contribution in [1.82, 2.24) is 4.98 Å². The first-order valence-corrected chi connectivity index (χ1v) is 6.67. The monoisotopic (exact) mass is 303 g/mol. The van der Waals surface area contributed by atoms with Crippen molar-refractivity contribution in [2.45, 2.75) is 6.61 Å². The van der Waals surface area contributed by atoms with Gasteiger partial charge in [0.1, 0.15) is 11.6 Å². The third-order valence-corrected chi connectivity index (χ3v) is 3.42. The summed E-state index contributed by atoms with van der Waals surface area (Å²) >= 11 is 5.64. The summed E-state index contributed by atoms with van der Waals surface area (Å²) in [6.07, 6.45) is 1.55. The number of aliphatic hydroxyl groups excluding tert-OH is 1. The molecule has 21 heavy (non-hydrogen) atoms. The SMILES string of the molecule is OCc1cnc(Oc2ccc(Cl)c(F)c2)c2ccccc12. The number of nitrogens with zero attached hydrogens (tertiary/aromatic N) is 1. The molecule has 3 aromatic rings. The van der Waals surface area contributed by atoms with Crippen LogP contribution >= 0.6 is 11.6 Å². The summed E-state index contributed by atoms with van der Waals surface area (Å²) in [5, 5.41) is 11.0. The zero-order chi connectivity index (χ0) is 14.8. The minimum absolute atomic E-state index is 0.0378. The molecule has 2 aromatic carbocycles. The van der Waals surface area contributed by atoms with Crippen LogP contribution < -0.4 is 4.74 Å². The standard InChI is InChI=1S/C16H11ClFNO2/c17-14-6-5-11(7-15(14)18)21-16-13-4-2-1-3-12(13)10(9-20)8-19-16/h1-8,20H,9H2. The van der Waals surface area contributed by atoms with Crippen molar-refractivity contribution in [2.24, 2.45) is 0 Å². The van der Waals surface area contributed by atoms with Crippen molar-refractivity contribution in [1.29, 1.82) is 0 Å². The maximum absolute atomic E-state index is 13.4. The van der Waals surface area contributed by atoms with E-state index in [4.69, 9.17) is 16.3 Å². The Labute approximate surface area is 125 Å². The number of hydrogen-bond donors (Lipinski definition) is 1. The lowest BCUT2D eigenvalue weighted by molar-refractivity contribution is 0.283. The Morgan fingerprint density at radius 3 is 2.62 bits per heavy atom. The molecule has 5 heteroatoms. The summed E-state index contributed by atoms with van der Waals surface area (Å²) in [5.74, 6) is 0.112. The van der Waals surface area contributed by atoms with Gasteiger partial charge in [-0.2, -0.15) is 0 Å². The molecule has 0 unspecified atom stereocenters. The first kappa shape index (κ1) is 13.8. The van der Waals surface area contributed by atoms with Crippen molar-refractivity contribution in [2.75, 3.05) is 0 Å². The summed E-state index contributed by atoms with van der Waals surface area (Å²) in [6, 6.07) is 11.6. The van der Waals surface area contributed by atoms with E-state index >= 15 is 0 Å². The highest BCUT2D eigenvalue weighted by atomic mass is 35.5. The van der Waals surface area contributed by atoms with Gasteiger partial charge in [0.2, 0.25) is 5.88 Å². The van der Waals surface area contributed by atoms with Crippen molar-refractivity contribution in [3.63, 3.8) is 0 Å². The van der Waals surface area contributed by atoms with Crippen LogP contribution in [0.2, 0.25) is 5.02 Å². The van der Waals surface area contributed by atoms with E-state index in [0.29, 0.717) is 17.2 Å². The van der Waals surface area contributed by atoms with Crippen LogP contribution in [0.25, 0.3) is 10.8 Å². The molecule has 0 aliphatic carbocycles. The van der Waals surface area contributed by atoms with E-state index in [1.807, 2.05) is 24.3 Å². The van der Waals surface area contributed by atoms with Gasteiger partial charge >= 0.3 is 0 Å². The molecule has 3 rings (SSSR count).